The number of carbonyl (C=O) groups is 1. The van der Waals surface area contributed by atoms with E-state index in [4.69, 9.17) is 9.15 Å². The van der Waals surface area contributed by atoms with Crippen molar-refractivity contribution in [2.75, 3.05) is 13.2 Å². The predicted molar refractivity (Wildman–Crippen MR) is 78.5 cm³/mol. The largest absolute Gasteiger partial charge is 0.444 e. The molecule has 0 saturated carbocycles. The van der Waals surface area contributed by atoms with Gasteiger partial charge >= 0.3 is 0 Å². The summed E-state index contributed by atoms with van der Waals surface area (Å²) >= 11 is 0. The average Bonchev–Trinajstić information content (AvgIpc) is 3.16. The van der Waals surface area contributed by atoms with E-state index >= 15 is 0 Å². The van der Waals surface area contributed by atoms with Crippen molar-refractivity contribution in [2.45, 2.75) is 38.6 Å². The van der Waals surface area contributed by atoms with Crippen LogP contribution in [0.25, 0.3) is 0 Å². The van der Waals surface area contributed by atoms with Crippen LogP contribution in [0.1, 0.15) is 59.4 Å². The molecule has 0 aliphatic carbocycles. The van der Waals surface area contributed by atoms with Gasteiger partial charge in [-0.2, -0.15) is 5.10 Å². The molecular weight excluding hydrogens is 284 g/mol. The van der Waals surface area contributed by atoms with Crippen molar-refractivity contribution in [1.29, 1.82) is 0 Å². The molecule has 1 saturated heterocycles. The van der Waals surface area contributed by atoms with Gasteiger partial charge in [-0.05, 0) is 26.7 Å². The summed E-state index contributed by atoms with van der Waals surface area (Å²) in [6.45, 7) is 5.11. The van der Waals surface area contributed by atoms with Crippen LogP contribution in [0.15, 0.2) is 16.8 Å². The molecule has 1 amide bonds. The maximum atomic E-state index is 12.5. The highest BCUT2D eigenvalue weighted by atomic mass is 16.5. The van der Waals surface area contributed by atoms with Crippen molar-refractivity contribution < 1.29 is 13.9 Å². The van der Waals surface area contributed by atoms with Crippen LogP contribution in [0.4, 0.5) is 0 Å². The molecule has 2 aromatic heterocycles. The van der Waals surface area contributed by atoms with Crippen LogP contribution < -0.4 is 5.32 Å². The van der Waals surface area contributed by atoms with Gasteiger partial charge in [0.1, 0.15) is 11.8 Å². The summed E-state index contributed by atoms with van der Waals surface area (Å²) in [5, 5.41) is 9.91. The fraction of sp³-hybridized carbons (Fsp3) is 0.533. The third-order valence-corrected chi connectivity index (χ3v) is 3.90. The van der Waals surface area contributed by atoms with Gasteiger partial charge in [0.15, 0.2) is 0 Å². The monoisotopic (exact) mass is 304 g/mol. The Bertz CT molecular complexity index is 643. The number of nitrogens with one attached hydrogen (secondary N) is 2. The summed E-state index contributed by atoms with van der Waals surface area (Å²) in [5.74, 6) is 1.35. The van der Waals surface area contributed by atoms with E-state index < -0.39 is 0 Å². The highest BCUT2D eigenvalue weighted by Crippen LogP contribution is 2.28. The van der Waals surface area contributed by atoms with Crippen molar-refractivity contribution in [3.63, 3.8) is 0 Å². The number of hydrogen-bond acceptors (Lipinski definition) is 5. The number of hydrogen-bond donors (Lipinski definition) is 2. The first-order chi connectivity index (χ1) is 10.6. The Balaban J connectivity index is 1.71. The predicted octanol–water partition coefficient (Wildman–Crippen LogP) is 2.09. The molecule has 22 heavy (non-hydrogen) atoms. The highest BCUT2D eigenvalue weighted by molar-refractivity contribution is 5.95. The van der Waals surface area contributed by atoms with E-state index in [0.29, 0.717) is 11.5 Å². The first kappa shape index (κ1) is 14.8. The maximum absolute atomic E-state index is 12.5. The van der Waals surface area contributed by atoms with E-state index in [1.54, 1.807) is 12.4 Å². The molecule has 0 radical (unpaired) electrons. The minimum Gasteiger partial charge on any atom is -0.444 e. The van der Waals surface area contributed by atoms with E-state index in [2.05, 4.69) is 20.5 Å². The third kappa shape index (κ3) is 3.04. The summed E-state index contributed by atoms with van der Waals surface area (Å²) in [4.78, 5) is 16.6. The van der Waals surface area contributed by atoms with E-state index in [9.17, 15) is 4.79 Å². The average molecular weight is 304 g/mol. The maximum Gasteiger partial charge on any atom is 0.255 e. The van der Waals surface area contributed by atoms with Gasteiger partial charge in [0.2, 0.25) is 5.89 Å². The lowest BCUT2D eigenvalue weighted by atomic mass is 9.94. The quantitative estimate of drug-likeness (QED) is 0.902. The SMILES string of the molecule is Cc1cnc(C(C)NC(=O)c2cn[nH]c2C2CCOCC2)o1. The standard InChI is InChI=1S/C15H20N4O3/c1-9-7-16-15(22-9)10(2)18-14(20)12-8-17-19-13(12)11-3-5-21-6-4-11/h7-8,10-11H,3-6H2,1-2H3,(H,17,19)(H,18,20). The number of nitrogens with zero attached hydrogens (tertiary/aromatic N) is 2. The Kier molecular flexibility index (Phi) is 4.24. The number of amides is 1. The summed E-state index contributed by atoms with van der Waals surface area (Å²) in [5.41, 5.74) is 1.47. The summed E-state index contributed by atoms with van der Waals surface area (Å²) < 4.78 is 10.8. The lowest BCUT2D eigenvalue weighted by Gasteiger charge is -2.22. The summed E-state index contributed by atoms with van der Waals surface area (Å²) in [7, 11) is 0. The number of rotatable bonds is 4. The second-order valence-corrected chi connectivity index (χ2v) is 5.59. The van der Waals surface area contributed by atoms with Gasteiger partial charge in [-0.1, -0.05) is 0 Å². The Morgan fingerprint density at radius 1 is 1.41 bits per heavy atom. The molecule has 0 aromatic carbocycles. The van der Waals surface area contributed by atoms with Crippen LogP contribution in [0.5, 0.6) is 0 Å². The molecule has 0 spiro atoms. The van der Waals surface area contributed by atoms with Gasteiger partial charge in [0, 0.05) is 19.1 Å². The lowest BCUT2D eigenvalue weighted by Crippen LogP contribution is -2.28. The Hall–Kier alpha value is -2.15. The van der Waals surface area contributed by atoms with E-state index in [1.165, 1.54) is 0 Å². The molecule has 2 N–H and O–H groups in total. The number of aromatic amines is 1. The third-order valence-electron chi connectivity index (χ3n) is 3.90. The number of aromatic nitrogens is 3. The molecule has 1 atom stereocenters. The first-order valence-electron chi connectivity index (χ1n) is 7.49. The molecule has 118 valence electrons. The first-order valence-corrected chi connectivity index (χ1v) is 7.49. The molecule has 1 aliphatic heterocycles. The minimum absolute atomic E-state index is 0.168. The molecular formula is C15H20N4O3. The van der Waals surface area contributed by atoms with Crippen molar-refractivity contribution in [3.05, 3.63) is 35.3 Å². The van der Waals surface area contributed by atoms with Gasteiger partial charge in [0.05, 0.1) is 23.7 Å². The van der Waals surface area contributed by atoms with Crippen LogP contribution >= 0.6 is 0 Å². The van der Waals surface area contributed by atoms with Gasteiger partial charge in [-0.15, -0.1) is 0 Å². The van der Waals surface area contributed by atoms with Crippen LogP contribution in [-0.4, -0.2) is 34.3 Å². The molecule has 3 heterocycles. The van der Waals surface area contributed by atoms with E-state index in [1.807, 2.05) is 13.8 Å². The van der Waals surface area contributed by atoms with Crippen molar-refractivity contribution in [2.24, 2.45) is 0 Å². The van der Waals surface area contributed by atoms with E-state index in [-0.39, 0.29) is 17.9 Å². The molecule has 0 bridgehead atoms. The van der Waals surface area contributed by atoms with E-state index in [0.717, 1.165) is 37.5 Å². The Labute approximate surface area is 128 Å². The minimum atomic E-state index is -0.293. The van der Waals surface area contributed by atoms with Crippen LogP contribution in [0.2, 0.25) is 0 Å². The molecule has 1 fully saturated rings. The smallest absolute Gasteiger partial charge is 0.255 e. The van der Waals surface area contributed by atoms with Crippen LogP contribution in [0, 0.1) is 6.92 Å². The molecule has 7 heteroatoms. The second-order valence-electron chi connectivity index (χ2n) is 5.59. The zero-order valence-corrected chi connectivity index (χ0v) is 12.8. The second kappa shape index (κ2) is 6.31. The topological polar surface area (TPSA) is 93.0 Å². The number of aryl methyl sites for hydroxylation is 1. The zero-order chi connectivity index (χ0) is 15.5. The molecule has 1 aliphatic rings. The molecule has 3 rings (SSSR count). The molecule has 1 unspecified atom stereocenters. The van der Waals surface area contributed by atoms with Gasteiger partial charge < -0.3 is 14.5 Å². The fourth-order valence-electron chi connectivity index (χ4n) is 2.68. The normalized spacial score (nSPS) is 17.4. The zero-order valence-electron chi connectivity index (χ0n) is 12.8. The summed E-state index contributed by atoms with van der Waals surface area (Å²) in [6, 6.07) is -0.293. The highest BCUT2D eigenvalue weighted by Gasteiger charge is 2.25. The van der Waals surface area contributed by atoms with Gasteiger partial charge in [-0.3, -0.25) is 9.89 Å². The molecule has 7 nitrogen and oxygen atoms in total. The number of oxazole rings is 1. The Morgan fingerprint density at radius 2 is 2.18 bits per heavy atom. The van der Waals surface area contributed by atoms with Gasteiger partial charge in [-0.25, -0.2) is 4.98 Å². The Morgan fingerprint density at radius 3 is 2.86 bits per heavy atom. The van der Waals surface area contributed by atoms with Gasteiger partial charge in [0.25, 0.3) is 5.91 Å². The van der Waals surface area contributed by atoms with Crippen LogP contribution in [-0.2, 0) is 4.74 Å². The number of H-pyrrole nitrogens is 1. The van der Waals surface area contributed by atoms with Crippen molar-refractivity contribution in [1.82, 2.24) is 20.5 Å². The lowest BCUT2D eigenvalue weighted by molar-refractivity contribution is 0.0831. The van der Waals surface area contributed by atoms with Crippen LogP contribution in [0.3, 0.4) is 0 Å². The number of carbonyl (C=O) groups excluding carboxylic acids is 1. The molecule has 2 aromatic rings. The van der Waals surface area contributed by atoms with Crippen molar-refractivity contribution in [3.8, 4) is 0 Å². The summed E-state index contributed by atoms with van der Waals surface area (Å²) in [6.07, 6.45) is 5.02. The van der Waals surface area contributed by atoms with Crippen molar-refractivity contribution >= 4 is 5.91 Å². The number of ether oxygens (including phenoxy) is 1. The fourth-order valence-corrected chi connectivity index (χ4v) is 2.68.